The number of hydrogen-bond acceptors (Lipinski definition) is 8. The number of phenols is 1. The largest absolute Gasteiger partial charge is 0.507 e. The van der Waals surface area contributed by atoms with Crippen molar-refractivity contribution in [3.05, 3.63) is 58.7 Å². The van der Waals surface area contributed by atoms with Gasteiger partial charge in [0, 0.05) is 31.0 Å². The average Bonchev–Trinajstić information content (AvgIpc) is 2.89. The number of Topliss-reactive ketones (excluding diaryl/α,β-unsaturated/α-hetero) is 2. The minimum Gasteiger partial charge on any atom is -0.507 e. The highest BCUT2D eigenvalue weighted by Crippen LogP contribution is 2.53. The van der Waals surface area contributed by atoms with Crippen LogP contribution in [0.15, 0.2) is 42.0 Å². The molecule has 0 saturated heterocycles. The van der Waals surface area contributed by atoms with Crippen molar-refractivity contribution in [2.45, 2.75) is 44.4 Å². The fourth-order valence-corrected chi connectivity index (χ4v) is 6.76. The Morgan fingerprint density at radius 3 is 2.35 bits per heavy atom. The Balaban J connectivity index is 1.60. The summed E-state index contributed by atoms with van der Waals surface area (Å²) in [6.45, 7) is 1.83. The Hall–Kier alpha value is -4.02. The van der Waals surface area contributed by atoms with Crippen LogP contribution in [0.2, 0.25) is 0 Å². The molecule has 40 heavy (non-hydrogen) atoms. The fourth-order valence-electron chi connectivity index (χ4n) is 6.76. The molecule has 0 radical (unpaired) electrons. The molecular formula is C30H33N3O7. The Labute approximate surface area is 231 Å². The number of nitrogens with two attached hydrogens (primary N) is 1. The third kappa shape index (κ3) is 4.18. The molecule has 0 aliphatic heterocycles. The first kappa shape index (κ1) is 27.5. The minimum absolute atomic E-state index is 0.0837. The predicted octanol–water partition coefficient (Wildman–Crippen LogP) is 1.46. The summed E-state index contributed by atoms with van der Waals surface area (Å²) in [5.74, 6) is -6.28. The fraction of sp³-hybridized carbons (Fsp3) is 0.400. The zero-order valence-corrected chi connectivity index (χ0v) is 22.6. The van der Waals surface area contributed by atoms with Gasteiger partial charge in [-0.3, -0.25) is 19.2 Å². The van der Waals surface area contributed by atoms with Crippen molar-refractivity contribution in [2.24, 2.45) is 23.5 Å². The molecular weight excluding hydrogens is 514 g/mol. The lowest BCUT2D eigenvalue weighted by Gasteiger charge is -2.52. The summed E-state index contributed by atoms with van der Waals surface area (Å²) in [6, 6.07) is 10.2. The van der Waals surface area contributed by atoms with Crippen LogP contribution in [0.3, 0.4) is 0 Å². The molecule has 5 atom stereocenters. The highest BCUT2D eigenvalue weighted by atomic mass is 16.3. The number of nitrogens with one attached hydrogen (secondary N) is 1. The van der Waals surface area contributed by atoms with Crippen molar-refractivity contribution in [2.75, 3.05) is 14.1 Å². The smallest absolute Gasteiger partial charge is 0.228 e. The van der Waals surface area contributed by atoms with Crippen LogP contribution in [-0.4, -0.2) is 69.3 Å². The lowest BCUT2D eigenvalue weighted by molar-refractivity contribution is -0.173. The number of nitrogens with zero attached hydrogens (tertiary/aromatic N) is 1. The second-order valence-electron chi connectivity index (χ2n) is 11.3. The van der Waals surface area contributed by atoms with E-state index in [1.54, 1.807) is 25.1 Å². The quantitative estimate of drug-likeness (QED) is 0.350. The number of benzene rings is 2. The molecule has 2 aromatic carbocycles. The summed E-state index contributed by atoms with van der Waals surface area (Å²) in [4.78, 5) is 52.5. The zero-order chi connectivity index (χ0) is 29.1. The van der Waals surface area contributed by atoms with E-state index in [0.29, 0.717) is 12.1 Å². The van der Waals surface area contributed by atoms with Crippen LogP contribution >= 0.6 is 0 Å². The normalized spacial score (nSPS) is 27.6. The molecule has 6 N–H and O–H groups in total. The van der Waals surface area contributed by atoms with E-state index in [0.717, 1.165) is 16.7 Å². The molecule has 5 rings (SSSR count). The predicted molar refractivity (Wildman–Crippen MR) is 146 cm³/mol. The van der Waals surface area contributed by atoms with Gasteiger partial charge < -0.3 is 31.3 Å². The van der Waals surface area contributed by atoms with Crippen molar-refractivity contribution in [3.8, 4) is 16.9 Å². The highest BCUT2D eigenvalue weighted by molar-refractivity contribution is 6.24. The molecule has 2 amide bonds. The number of aromatic hydroxyl groups is 1. The van der Waals surface area contributed by atoms with Crippen LogP contribution in [0.1, 0.15) is 36.5 Å². The van der Waals surface area contributed by atoms with Crippen molar-refractivity contribution in [1.82, 2.24) is 10.2 Å². The van der Waals surface area contributed by atoms with E-state index in [-0.39, 0.29) is 42.1 Å². The zero-order valence-electron chi connectivity index (χ0n) is 22.6. The molecule has 0 heterocycles. The van der Waals surface area contributed by atoms with Gasteiger partial charge in [-0.05, 0) is 67.6 Å². The summed E-state index contributed by atoms with van der Waals surface area (Å²) in [5, 5.41) is 36.7. The molecule has 2 fully saturated rings. The van der Waals surface area contributed by atoms with Gasteiger partial charge in [0.05, 0.1) is 5.56 Å². The van der Waals surface area contributed by atoms with Crippen molar-refractivity contribution < 1.29 is 34.5 Å². The Morgan fingerprint density at radius 2 is 1.75 bits per heavy atom. The van der Waals surface area contributed by atoms with Crippen LogP contribution in [0.4, 0.5) is 0 Å². The Bertz CT molecular complexity index is 1460. The van der Waals surface area contributed by atoms with Crippen molar-refractivity contribution >= 4 is 29.1 Å². The van der Waals surface area contributed by atoms with Crippen LogP contribution in [0.5, 0.6) is 5.75 Å². The highest BCUT2D eigenvalue weighted by Gasteiger charge is 2.64. The first-order chi connectivity index (χ1) is 18.9. The number of carbonyl (C=O) groups excluding carboxylic acids is 4. The molecule has 210 valence electrons. The number of amides is 2. The number of ketones is 2. The summed E-state index contributed by atoms with van der Waals surface area (Å²) >= 11 is 0. The summed E-state index contributed by atoms with van der Waals surface area (Å²) in [6.07, 6.45) is 0.594. The van der Waals surface area contributed by atoms with E-state index < -0.39 is 52.6 Å². The maximum atomic E-state index is 13.9. The molecule has 10 heteroatoms. The Morgan fingerprint density at radius 1 is 1.07 bits per heavy atom. The molecule has 1 unspecified atom stereocenters. The number of primary amides is 1. The molecule has 2 saturated carbocycles. The number of phenolic OH excluding ortho intramolecular Hbond substituents is 1. The van der Waals surface area contributed by atoms with E-state index in [1.807, 2.05) is 24.3 Å². The van der Waals surface area contributed by atoms with Gasteiger partial charge in [-0.2, -0.15) is 0 Å². The van der Waals surface area contributed by atoms with Gasteiger partial charge in [-0.15, -0.1) is 0 Å². The maximum Gasteiger partial charge on any atom is 0.228 e. The number of fused-ring (bicyclic) bond motifs is 3. The van der Waals surface area contributed by atoms with Crippen LogP contribution in [0, 0.1) is 17.8 Å². The lowest BCUT2D eigenvalue weighted by Crippen LogP contribution is -2.69. The van der Waals surface area contributed by atoms with Gasteiger partial charge in [0.2, 0.25) is 17.6 Å². The van der Waals surface area contributed by atoms with Crippen LogP contribution in [-0.2, 0) is 32.1 Å². The average molecular weight is 548 g/mol. The van der Waals surface area contributed by atoms with Crippen molar-refractivity contribution in [1.29, 1.82) is 0 Å². The third-order valence-electron chi connectivity index (χ3n) is 8.75. The molecule has 2 aromatic rings. The summed E-state index contributed by atoms with van der Waals surface area (Å²) in [5.41, 5.74) is 6.08. The van der Waals surface area contributed by atoms with E-state index in [1.165, 1.54) is 13.0 Å². The molecule has 0 bridgehead atoms. The van der Waals surface area contributed by atoms with Gasteiger partial charge >= 0.3 is 0 Å². The van der Waals surface area contributed by atoms with Gasteiger partial charge in [0.25, 0.3) is 0 Å². The number of aliphatic hydroxyl groups excluding tert-OH is 1. The first-order valence-corrected chi connectivity index (χ1v) is 13.3. The molecule has 3 aliphatic rings. The Kier molecular flexibility index (Phi) is 6.79. The minimum atomic E-state index is -2.51. The van der Waals surface area contributed by atoms with Gasteiger partial charge in [-0.25, -0.2) is 0 Å². The van der Waals surface area contributed by atoms with E-state index in [4.69, 9.17) is 5.73 Å². The first-order valence-electron chi connectivity index (χ1n) is 13.3. The number of carbonyl (C=O) groups is 4. The maximum absolute atomic E-state index is 13.9. The van der Waals surface area contributed by atoms with E-state index in [2.05, 4.69) is 5.32 Å². The summed E-state index contributed by atoms with van der Waals surface area (Å²) < 4.78 is 0. The second-order valence-corrected chi connectivity index (χ2v) is 11.3. The number of aliphatic hydroxyl groups is 2. The van der Waals surface area contributed by atoms with Gasteiger partial charge in [-0.1, -0.05) is 30.3 Å². The summed E-state index contributed by atoms with van der Waals surface area (Å²) in [7, 11) is 3.52. The number of hydrogen-bond donors (Lipinski definition) is 5. The molecule has 10 nitrogen and oxygen atoms in total. The van der Waals surface area contributed by atoms with Gasteiger partial charge in [0.1, 0.15) is 17.4 Å². The van der Waals surface area contributed by atoms with E-state index in [9.17, 15) is 34.5 Å². The van der Waals surface area contributed by atoms with Crippen LogP contribution < -0.4 is 11.1 Å². The van der Waals surface area contributed by atoms with E-state index >= 15 is 0 Å². The third-order valence-corrected chi connectivity index (χ3v) is 8.75. The molecule has 3 aliphatic carbocycles. The second kappa shape index (κ2) is 9.87. The standard InChI is InChI=1S/C30H33N3O7/c1-14(34)32-13-15-4-6-16(7-5-15)18-8-9-23(35)25-19(18)10-17-11-21-22(33(2)3)12-20(29(31)39)27(37)30(21,40)28(38)24(17)26(25)36/h4-9,17,20-22,35-36,40H,10-13H2,1-3H3,(H2,31,39)(H,32,34)/t17-,20?,21-,22+,30+/m1/s1. The number of rotatable bonds is 5. The van der Waals surface area contributed by atoms with Crippen LogP contribution in [0.25, 0.3) is 16.9 Å². The molecule has 0 aromatic heterocycles. The monoisotopic (exact) mass is 547 g/mol. The topological polar surface area (TPSA) is 170 Å². The lowest BCUT2D eigenvalue weighted by atomic mass is 9.55. The van der Waals surface area contributed by atoms with Gasteiger partial charge in [0.15, 0.2) is 11.4 Å². The SMILES string of the molecule is CC(=O)NCc1ccc(-c2ccc(O)c3c2C[C@@H]2C[C@@H]4[C@@H](N(C)C)CC(C(N)=O)C(=O)[C@]4(O)C(=O)C2=C3O)cc1. The molecule has 0 spiro atoms. The van der Waals surface area contributed by atoms with Crippen molar-refractivity contribution in [3.63, 3.8) is 0 Å².